The Morgan fingerprint density at radius 3 is 2.62 bits per heavy atom. The summed E-state index contributed by atoms with van der Waals surface area (Å²) in [6.45, 7) is 0.564. The average molecular weight is 251 g/mol. The standard InChI is InChI=1S/C8H8F3N3OS/c9-8(10,11)6-5(4-13)16-7(14-6)15-3-1-2-12/h1-3,12H2. The second-order valence-electron chi connectivity index (χ2n) is 2.76. The Balaban J connectivity index is 2.83. The van der Waals surface area contributed by atoms with Crippen LogP contribution in [0.4, 0.5) is 13.2 Å². The van der Waals surface area contributed by atoms with Crippen LogP contribution in [0.3, 0.4) is 0 Å². The fourth-order valence-electron chi connectivity index (χ4n) is 0.873. The van der Waals surface area contributed by atoms with Crippen molar-refractivity contribution in [3.63, 3.8) is 0 Å². The topological polar surface area (TPSA) is 71.9 Å². The van der Waals surface area contributed by atoms with E-state index in [1.54, 1.807) is 0 Å². The summed E-state index contributed by atoms with van der Waals surface area (Å²) in [5.74, 6) is 0. The molecule has 0 saturated carbocycles. The minimum absolute atomic E-state index is 0.155. The highest BCUT2D eigenvalue weighted by Crippen LogP contribution is 2.36. The lowest BCUT2D eigenvalue weighted by Gasteiger charge is -2.01. The lowest BCUT2D eigenvalue weighted by Crippen LogP contribution is -2.08. The Morgan fingerprint density at radius 1 is 1.50 bits per heavy atom. The van der Waals surface area contributed by atoms with Crippen molar-refractivity contribution in [2.24, 2.45) is 5.73 Å². The first-order valence-electron chi connectivity index (χ1n) is 4.30. The molecule has 4 nitrogen and oxygen atoms in total. The van der Waals surface area contributed by atoms with Gasteiger partial charge in [-0.1, -0.05) is 11.3 Å². The molecule has 0 aliphatic rings. The zero-order chi connectivity index (χ0) is 12.2. The van der Waals surface area contributed by atoms with Gasteiger partial charge in [0.15, 0.2) is 5.69 Å². The van der Waals surface area contributed by atoms with Gasteiger partial charge < -0.3 is 10.5 Å². The Morgan fingerprint density at radius 2 is 2.19 bits per heavy atom. The minimum Gasteiger partial charge on any atom is -0.470 e. The van der Waals surface area contributed by atoms with Gasteiger partial charge in [0.2, 0.25) is 0 Å². The van der Waals surface area contributed by atoms with Gasteiger partial charge in [-0.05, 0) is 13.0 Å². The summed E-state index contributed by atoms with van der Waals surface area (Å²) in [5.41, 5.74) is 4.00. The lowest BCUT2D eigenvalue weighted by molar-refractivity contribution is -0.141. The Hall–Kier alpha value is -1.33. The van der Waals surface area contributed by atoms with Crippen LogP contribution in [0.5, 0.6) is 5.19 Å². The zero-order valence-electron chi connectivity index (χ0n) is 8.04. The molecule has 0 fully saturated rings. The van der Waals surface area contributed by atoms with Crippen LogP contribution in [0, 0.1) is 11.3 Å². The largest absolute Gasteiger partial charge is 0.470 e. The van der Waals surface area contributed by atoms with E-state index in [-0.39, 0.29) is 11.8 Å². The molecule has 1 aromatic heterocycles. The van der Waals surface area contributed by atoms with Crippen molar-refractivity contribution < 1.29 is 17.9 Å². The van der Waals surface area contributed by atoms with Crippen molar-refractivity contribution >= 4 is 11.3 Å². The quantitative estimate of drug-likeness (QED) is 0.827. The second kappa shape index (κ2) is 5.14. The predicted octanol–water partition coefficient (Wildman–Crippen LogP) is 1.76. The van der Waals surface area contributed by atoms with Gasteiger partial charge in [-0.25, -0.2) is 0 Å². The van der Waals surface area contributed by atoms with Crippen molar-refractivity contribution in [2.45, 2.75) is 12.6 Å². The molecular formula is C8H8F3N3OS. The fraction of sp³-hybridized carbons (Fsp3) is 0.500. The van der Waals surface area contributed by atoms with Crippen LogP contribution in [-0.4, -0.2) is 18.1 Å². The number of nitrogens with two attached hydrogens (primary N) is 1. The number of alkyl halides is 3. The van der Waals surface area contributed by atoms with Gasteiger partial charge in [-0.3, -0.25) is 0 Å². The van der Waals surface area contributed by atoms with E-state index in [9.17, 15) is 13.2 Å². The van der Waals surface area contributed by atoms with E-state index in [1.807, 2.05) is 0 Å². The highest BCUT2D eigenvalue weighted by molar-refractivity contribution is 7.14. The van der Waals surface area contributed by atoms with Gasteiger partial charge in [0.1, 0.15) is 10.9 Å². The molecular weight excluding hydrogens is 243 g/mol. The van der Waals surface area contributed by atoms with Crippen LogP contribution in [0.2, 0.25) is 0 Å². The van der Waals surface area contributed by atoms with Crippen molar-refractivity contribution in [1.82, 2.24) is 4.98 Å². The Bertz CT molecular complexity index is 396. The maximum Gasteiger partial charge on any atom is 0.435 e. The summed E-state index contributed by atoms with van der Waals surface area (Å²) in [6.07, 6.45) is -4.11. The molecule has 1 rings (SSSR count). The van der Waals surface area contributed by atoms with Gasteiger partial charge >= 0.3 is 6.18 Å². The third-order valence-electron chi connectivity index (χ3n) is 1.55. The van der Waals surface area contributed by atoms with Crippen LogP contribution in [0.15, 0.2) is 0 Å². The van der Waals surface area contributed by atoms with Gasteiger partial charge in [-0.15, -0.1) is 0 Å². The molecule has 1 heterocycles. The molecule has 16 heavy (non-hydrogen) atoms. The molecule has 0 aliphatic heterocycles. The van der Waals surface area contributed by atoms with E-state index in [2.05, 4.69) is 4.98 Å². The fourth-order valence-corrected chi connectivity index (χ4v) is 1.63. The van der Waals surface area contributed by atoms with E-state index >= 15 is 0 Å². The van der Waals surface area contributed by atoms with E-state index in [1.165, 1.54) is 6.07 Å². The highest BCUT2D eigenvalue weighted by Gasteiger charge is 2.38. The number of ether oxygens (including phenoxy) is 1. The number of rotatable bonds is 4. The molecule has 0 unspecified atom stereocenters. The van der Waals surface area contributed by atoms with Crippen molar-refractivity contribution in [3.8, 4) is 11.3 Å². The molecule has 0 radical (unpaired) electrons. The number of thiazole rings is 1. The van der Waals surface area contributed by atoms with Crippen molar-refractivity contribution in [1.29, 1.82) is 5.26 Å². The number of halogens is 3. The van der Waals surface area contributed by atoms with Gasteiger partial charge in [0, 0.05) is 0 Å². The molecule has 0 bridgehead atoms. The summed E-state index contributed by atoms with van der Waals surface area (Å²) in [7, 11) is 0. The van der Waals surface area contributed by atoms with Crippen LogP contribution in [0.25, 0.3) is 0 Å². The summed E-state index contributed by atoms with van der Waals surface area (Å²) in [6, 6.07) is 1.44. The van der Waals surface area contributed by atoms with E-state index in [0.717, 1.165) is 0 Å². The maximum atomic E-state index is 12.4. The molecule has 0 aromatic carbocycles. The van der Waals surface area contributed by atoms with Crippen LogP contribution >= 0.6 is 11.3 Å². The van der Waals surface area contributed by atoms with Gasteiger partial charge in [-0.2, -0.15) is 23.4 Å². The molecule has 0 saturated heterocycles. The predicted molar refractivity (Wildman–Crippen MR) is 51.0 cm³/mol. The first kappa shape index (κ1) is 12.7. The number of nitriles is 1. The summed E-state index contributed by atoms with van der Waals surface area (Å²) in [5, 5.41) is 8.36. The number of nitrogens with zero attached hydrogens (tertiary/aromatic N) is 2. The van der Waals surface area contributed by atoms with Crippen LogP contribution in [-0.2, 0) is 6.18 Å². The zero-order valence-corrected chi connectivity index (χ0v) is 8.86. The molecule has 88 valence electrons. The molecule has 0 spiro atoms. The molecule has 2 N–H and O–H groups in total. The van der Waals surface area contributed by atoms with Crippen LogP contribution < -0.4 is 10.5 Å². The maximum absolute atomic E-state index is 12.4. The Kier molecular flexibility index (Phi) is 4.09. The van der Waals surface area contributed by atoms with Gasteiger partial charge in [0.25, 0.3) is 5.19 Å². The molecule has 0 amide bonds. The smallest absolute Gasteiger partial charge is 0.435 e. The minimum atomic E-state index is -4.63. The molecule has 0 aliphatic carbocycles. The normalized spacial score (nSPS) is 11.2. The monoisotopic (exact) mass is 251 g/mol. The SMILES string of the molecule is N#Cc1sc(OCCCN)nc1C(F)(F)F. The summed E-state index contributed by atoms with van der Waals surface area (Å²) >= 11 is 0.582. The molecule has 1 aromatic rings. The summed E-state index contributed by atoms with van der Waals surface area (Å²) < 4.78 is 42.0. The van der Waals surface area contributed by atoms with Crippen molar-refractivity contribution in [3.05, 3.63) is 10.6 Å². The molecule has 8 heteroatoms. The van der Waals surface area contributed by atoms with E-state index < -0.39 is 16.7 Å². The van der Waals surface area contributed by atoms with Gasteiger partial charge in [0.05, 0.1) is 6.61 Å². The van der Waals surface area contributed by atoms with E-state index in [0.29, 0.717) is 24.3 Å². The third kappa shape index (κ3) is 3.08. The third-order valence-corrected chi connectivity index (χ3v) is 2.42. The van der Waals surface area contributed by atoms with E-state index in [4.69, 9.17) is 15.7 Å². The lowest BCUT2D eigenvalue weighted by atomic mass is 10.4. The first-order valence-corrected chi connectivity index (χ1v) is 5.11. The highest BCUT2D eigenvalue weighted by atomic mass is 32.1. The number of hydrogen-bond donors (Lipinski definition) is 1. The van der Waals surface area contributed by atoms with Crippen LogP contribution in [0.1, 0.15) is 17.0 Å². The van der Waals surface area contributed by atoms with Crippen molar-refractivity contribution in [2.75, 3.05) is 13.2 Å². The Labute approximate surface area is 93.5 Å². The summed E-state index contributed by atoms with van der Waals surface area (Å²) in [4.78, 5) is 2.74. The first-order chi connectivity index (χ1) is 7.49. The molecule has 0 atom stereocenters. The average Bonchev–Trinajstić information content (AvgIpc) is 2.61. The number of aromatic nitrogens is 1. The second-order valence-corrected chi connectivity index (χ2v) is 3.72. The number of hydrogen-bond acceptors (Lipinski definition) is 5.